The van der Waals surface area contributed by atoms with Gasteiger partial charge in [0.25, 0.3) is 0 Å². The van der Waals surface area contributed by atoms with Crippen LogP contribution >= 0.6 is 7.67 Å². The fourth-order valence-electron chi connectivity index (χ4n) is 2.13. The van der Waals surface area contributed by atoms with Crippen molar-refractivity contribution in [2.24, 2.45) is 0 Å². The maximum atomic E-state index is 13.1. The van der Waals surface area contributed by atoms with E-state index in [1.54, 1.807) is 37.5 Å². The second-order valence-corrected chi connectivity index (χ2v) is 8.64. The van der Waals surface area contributed by atoms with Crippen molar-refractivity contribution < 1.29 is 9.09 Å². The number of hydrogen-bond acceptors (Lipinski definition) is 4. The molecule has 1 heterocycles. The van der Waals surface area contributed by atoms with Gasteiger partial charge < -0.3 is 4.52 Å². The van der Waals surface area contributed by atoms with E-state index < -0.39 is 7.67 Å². The van der Waals surface area contributed by atoms with E-state index in [9.17, 15) is 4.57 Å². The van der Waals surface area contributed by atoms with E-state index in [1.165, 1.54) is 0 Å². The molecule has 0 aliphatic rings. The van der Waals surface area contributed by atoms with Gasteiger partial charge in [0.05, 0.1) is 11.0 Å². The van der Waals surface area contributed by atoms with Gasteiger partial charge in [0.1, 0.15) is 5.69 Å². The van der Waals surface area contributed by atoms with Crippen molar-refractivity contribution in [1.29, 1.82) is 0 Å². The van der Waals surface area contributed by atoms with Crippen LogP contribution in [0.25, 0.3) is 11.0 Å². The van der Waals surface area contributed by atoms with Crippen LogP contribution in [-0.4, -0.2) is 47.5 Å². The number of aromatic nitrogens is 2. The third-order valence-corrected chi connectivity index (χ3v) is 5.72. The molecule has 2 aromatic rings. The summed E-state index contributed by atoms with van der Waals surface area (Å²) in [6.07, 6.45) is 0.522. The predicted octanol–water partition coefficient (Wildman–Crippen LogP) is 3.36. The van der Waals surface area contributed by atoms with E-state index in [1.807, 2.05) is 31.2 Å². The molecule has 0 saturated carbocycles. The molecule has 0 radical (unpaired) electrons. The molecule has 0 bridgehead atoms. The molecule has 1 aromatic heterocycles. The van der Waals surface area contributed by atoms with E-state index in [2.05, 4.69) is 16.5 Å². The van der Waals surface area contributed by atoms with Crippen molar-refractivity contribution in [3.8, 4) is 5.88 Å². The molecular formula is C16H23N4O2P. The van der Waals surface area contributed by atoms with Gasteiger partial charge in [0.2, 0.25) is 5.88 Å². The van der Waals surface area contributed by atoms with Crippen LogP contribution in [0, 0.1) is 0 Å². The zero-order chi connectivity index (χ0) is 17.2. The summed E-state index contributed by atoms with van der Waals surface area (Å²) in [5.74, 6) is 0.289. The lowest BCUT2D eigenvalue weighted by molar-refractivity contribution is 0.347. The molecule has 124 valence electrons. The molecular weight excluding hydrogens is 311 g/mol. The van der Waals surface area contributed by atoms with Crippen molar-refractivity contribution >= 4 is 18.7 Å². The number of rotatable bonds is 6. The van der Waals surface area contributed by atoms with Crippen molar-refractivity contribution in [2.45, 2.75) is 13.3 Å². The molecule has 0 fully saturated rings. The normalized spacial score (nSPS) is 12.1. The lowest BCUT2D eigenvalue weighted by Gasteiger charge is -2.29. The number of hydrogen-bond donors (Lipinski definition) is 0. The Kier molecular flexibility index (Phi) is 5.19. The van der Waals surface area contributed by atoms with Crippen LogP contribution in [0.15, 0.2) is 36.4 Å². The largest absolute Gasteiger partial charge is 0.401 e. The summed E-state index contributed by atoms with van der Waals surface area (Å²) in [5.41, 5.74) is 3.06. The van der Waals surface area contributed by atoms with Gasteiger partial charge in [-0.25, -0.2) is 23.9 Å². The Labute approximate surface area is 137 Å². The first-order chi connectivity index (χ1) is 10.7. The Morgan fingerprint density at radius 3 is 2.13 bits per heavy atom. The van der Waals surface area contributed by atoms with Crippen molar-refractivity contribution in [3.05, 3.63) is 42.1 Å². The van der Waals surface area contributed by atoms with E-state index in [0.717, 1.165) is 11.1 Å². The van der Waals surface area contributed by atoms with Gasteiger partial charge >= 0.3 is 7.67 Å². The second-order valence-electron chi connectivity index (χ2n) is 5.87. The van der Waals surface area contributed by atoms with Crippen molar-refractivity contribution in [3.63, 3.8) is 0 Å². The highest BCUT2D eigenvalue weighted by atomic mass is 31.2. The second kappa shape index (κ2) is 6.79. The third-order valence-electron chi connectivity index (χ3n) is 3.29. The van der Waals surface area contributed by atoms with Crippen LogP contribution in [0.2, 0.25) is 0 Å². The Bertz CT molecular complexity index is 762. The van der Waals surface area contributed by atoms with Gasteiger partial charge in [-0.05, 0) is 47.2 Å². The van der Waals surface area contributed by atoms with Crippen molar-refractivity contribution in [2.75, 3.05) is 28.2 Å². The molecule has 0 spiro atoms. The molecule has 6 nitrogen and oxygen atoms in total. The Morgan fingerprint density at radius 2 is 1.65 bits per heavy atom. The van der Waals surface area contributed by atoms with E-state index in [-0.39, 0.29) is 5.88 Å². The Morgan fingerprint density at radius 1 is 1.13 bits per heavy atom. The summed E-state index contributed by atoms with van der Waals surface area (Å²) >= 11 is 0. The van der Waals surface area contributed by atoms with E-state index in [4.69, 9.17) is 4.52 Å². The van der Waals surface area contributed by atoms with Gasteiger partial charge in [-0.1, -0.05) is 24.3 Å². The highest BCUT2D eigenvalue weighted by molar-refractivity contribution is 7.54. The predicted molar refractivity (Wildman–Crippen MR) is 93.7 cm³/mol. The van der Waals surface area contributed by atoms with Crippen LogP contribution < -0.4 is 4.52 Å². The molecule has 0 amide bonds. The van der Waals surface area contributed by atoms with Crippen LogP contribution in [0.3, 0.4) is 0 Å². The molecule has 0 unspecified atom stereocenters. The van der Waals surface area contributed by atoms with Crippen LogP contribution in [0.4, 0.5) is 0 Å². The summed E-state index contributed by atoms with van der Waals surface area (Å²) in [5, 5.41) is 0. The van der Waals surface area contributed by atoms with E-state index in [0.29, 0.717) is 17.6 Å². The topological polar surface area (TPSA) is 58.6 Å². The number of nitrogens with zero attached hydrogens (tertiary/aromatic N) is 4. The minimum atomic E-state index is -3.20. The number of benzene rings is 1. The molecule has 0 aliphatic heterocycles. The average Bonchev–Trinajstić information content (AvgIpc) is 2.46. The smallest absolute Gasteiger partial charge is 0.396 e. The summed E-state index contributed by atoms with van der Waals surface area (Å²) in [6, 6.07) is 7.55. The Balaban J connectivity index is 2.56. The highest BCUT2D eigenvalue weighted by Crippen LogP contribution is 2.50. The SMILES string of the molecule is C=C(C)Cc1nc2ccccc2nc1OP(=O)(N(C)C)N(C)C. The van der Waals surface area contributed by atoms with Crippen LogP contribution in [0.1, 0.15) is 12.6 Å². The maximum absolute atomic E-state index is 13.1. The third kappa shape index (κ3) is 3.78. The summed E-state index contributed by atoms with van der Waals surface area (Å²) < 4.78 is 22.1. The maximum Gasteiger partial charge on any atom is 0.396 e. The first-order valence-corrected chi connectivity index (χ1v) is 8.82. The molecule has 2 rings (SSSR count). The molecule has 0 atom stereocenters. The molecule has 23 heavy (non-hydrogen) atoms. The van der Waals surface area contributed by atoms with Gasteiger partial charge in [-0.3, -0.25) is 0 Å². The number of allylic oxidation sites excluding steroid dienone is 1. The van der Waals surface area contributed by atoms with Gasteiger partial charge in [-0.15, -0.1) is 0 Å². The number of para-hydroxylation sites is 2. The molecule has 0 saturated heterocycles. The minimum Gasteiger partial charge on any atom is -0.401 e. The van der Waals surface area contributed by atoms with Gasteiger partial charge in [0, 0.05) is 6.42 Å². The fourth-order valence-corrected chi connectivity index (χ4v) is 3.54. The minimum absolute atomic E-state index is 0.289. The quantitative estimate of drug-likeness (QED) is 0.596. The standard InChI is InChI=1S/C16H23N4O2P/c1-12(2)11-15-16(22-23(21,19(3)4)20(5)6)18-14-10-8-7-9-13(14)17-15/h7-10H,1,11H2,2-6H3. The molecule has 7 heteroatoms. The summed E-state index contributed by atoms with van der Waals surface area (Å²) in [7, 11) is 3.66. The van der Waals surface area contributed by atoms with Crippen LogP contribution in [0.5, 0.6) is 5.88 Å². The zero-order valence-electron chi connectivity index (χ0n) is 14.3. The molecule has 0 N–H and O–H groups in total. The summed E-state index contributed by atoms with van der Waals surface area (Å²) in [4.78, 5) is 9.14. The molecule has 1 aromatic carbocycles. The average molecular weight is 334 g/mol. The van der Waals surface area contributed by atoms with Crippen LogP contribution in [-0.2, 0) is 11.0 Å². The first-order valence-electron chi connectivity index (χ1n) is 7.29. The fraction of sp³-hybridized carbons (Fsp3) is 0.375. The summed E-state index contributed by atoms with van der Waals surface area (Å²) in [6.45, 7) is 5.84. The van der Waals surface area contributed by atoms with Gasteiger partial charge in [-0.2, -0.15) is 0 Å². The Hall–Kier alpha value is -1.75. The lowest BCUT2D eigenvalue weighted by Crippen LogP contribution is -2.25. The van der Waals surface area contributed by atoms with E-state index >= 15 is 0 Å². The lowest BCUT2D eigenvalue weighted by atomic mass is 10.2. The van der Waals surface area contributed by atoms with Crippen molar-refractivity contribution in [1.82, 2.24) is 19.3 Å². The number of fused-ring (bicyclic) bond motifs is 1. The zero-order valence-corrected chi connectivity index (χ0v) is 15.2. The van der Waals surface area contributed by atoms with Gasteiger partial charge in [0.15, 0.2) is 0 Å². The highest BCUT2D eigenvalue weighted by Gasteiger charge is 2.33. The monoisotopic (exact) mass is 334 g/mol. The first kappa shape index (κ1) is 17.6. The molecule has 0 aliphatic carbocycles.